The highest BCUT2D eigenvalue weighted by molar-refractivity contribution is 5.82. The summed E-state index contributed by atoms with van der Waals surface area (Å²) in [5.41, 5.74) is -0.0263. The van der Waals surface area contributed by atoms with Crippen molar-refractivity contribution in [2.45, 2.75) is 38.0 Å². The molecule has 0 radical (unpaired) electrons. The Labute approximate surface area is 115 Å². The van der Waals surface area contributed by atoms with E-state index in [0.29, 0.717) is 5.56 Å². The maximum Gasteiger partial charge on any atom is 0.416 e. The van der Waals surface area contributed by atoms with Gasteiger partial charge in [-0.05, 0) is 44.0 Å². The molecule has 0 bridgehead atoms. The highest BCUT2D eigenvalue weighted by Gasteiger charge is 2.30. The molecule has 1 aromatic rings. The number of carbonyl (C=O) groups is 1. The van der Waals surface area contributed by atoms with Crippen LogP contribution in [0, 0.1) is 0 Å². The largest absolute Gasteiger partial charge is 0.416 e. The smallest absolute Gasteiger partial charge is 0.348 e. The Morgan fingerprint density at radius 2 is 2.00 bits per heavy atom. The van der Waals surface area contributed by atoms with E-state index in [1.165, 1.54) is 12.1 Å². The van der Waals surface area contributed by atoms with E-state index in [9.17, 15) is 18.0 Å². The van der Waals surface area contributed by atoms with Crippen molar-refractivity contribution in [2.24, 2.45) is 0 Å². The summed E-state index contributed by atoms with van der Waals surface area (Å²) >= 11 is 0. The first-order valence-corrected chi connectivity index (χ1v) is 6.59. The van der Waals surface area contributed by atoms with Crippen molar-refractivity contribution in [3.63, 3.8) is 0 Å². The molecular weight excluding hydrogens is 269 g/mol. The van der Waals surface area contributed by atoms with Gasteiger partial charge in [0.05, 0.1) is 17.6 Å². The third-order valence-electron chi connectivity index (χ3n) is 3.47. The standard InChI is InChI=1S/C14H17F3N2O/c1-9(19-13(20)12-3-2-8-18-12)10-4-6-11(7-5-10)14(15,16)17/h4-7,9,12,18H,2-3,8H2,1H3,(H,19,20)/t9?,12-/m0/s1. The zero-order valence-electron chi connectivity index (χ0n) is 11.1. The van der Waals surface area contributed by atoms with E-state index >= 15 is 0 Å². The summed E-state index contributed by atoms with van der Waals surface area (Å²) < 4.78 is 37.4. The molecule has 1 aliphatic heterocycles. The van der Waals surface area contributed by atoms with Gasteiger partial charge in [0.2, 0.25) is 5.91 Å². The molecule has 1 fully saturated rings. The van der Waals surface area contributed by atoms with Crippen LogP contribution in [0.3, 0.4) is 0 Å². The Morgan fingerprint density at radius 3 is 2.50 bits per heavy atom. The van der Waals surface area contributed by atoms with Gasteiger partial charge in [0.25, 0.3) is 0 Å². The summed E-state index contributed by atoms with van der Waals surface area (Å²) in [7, 11) is 0. The number of halogens is 3. The van der Waals surface area contributed by atoms with Crippen LogP contribution in [0.5, 0.6) is 0 Å². The molecule has 2 N–H and O–H groups in total. The molecule has 3 nitrogen and oxygen atoms in total. The zero-order chi connectivity index (χ0) is 14.8. The number of benzene rings is 1. The molecule has 20 heavy (non-hydrogen) atoms. The summed E-state index contributed by atoms with van der Waals surface area (Å²) in [5, 5.41) is 5.90. The molecule has 0 saturated carbocycles. The lowest BCUT2D eigenvalue weighted by Crippen LogP contribution is -2.41. The summed E-state index contributed by atoms with van der Waals surface area (Å²) in [6, 6.07) is 4.36. The zero-order valence-corrected chi connectivity index (χ0v) is 11.1. The second-order valence-corrected chi connectivity index (χ2v) is 5.00. The normalized spacial score (nSPS) is 20.7. The molecule has 0 aromatic heterocycles. The van der Waals surface area contributed by atoms with Crippen molar-refractivity contribution in [1.29, 1.82) is 0 Å². The highest BCUT2D eigenvalue weighted by atomic mass is 19.4. The topological polar surface area (TPSA) is 41.1 Å². The molecule has 6 heteroatoms. The van der Waals surface area contributed by atoms with Gasteiger partial charge in [-0.15, -0.1) is 0 Å². The fourth-order valence-electron chi connectivity index (χ4n) is 2.27. The highest BCUT2D eigenvalue weighted by Crippen LogP contribution is 2.29. The number of amides is 1. The van der Waals surface area contributed by atoms with Crippen LogP contribution in [0.25, 0.3) is 0 Å². The van der Waals surface area contributed by atoms with Crippen molar-refractivity contribution >= 4 is 5.91 Å². The quantitative estimate of drug-likeness (QED) is 0.897. The van der Waals surface area contributed by atoms with Crippen LogP contribution in [0.2, 0.25) is 0 Å². The summed E-state index contributed by atoms with van der Waals surface area (Å²) in [4.78, 5) is 11.9. The van der Waals surface area contributed by atoms with Gasteiger partial charge >= 0.3 is 6.18 Å². The Bertz CT molecular complexity index is 464. The average Bonchev–Trinajstić information content (AvgIpc) is 2.91. The minimum atomic E-state index is -4.33. The first kappa shape index (κ1) is 14.8. The van der Waals surface area contributed by atoms with Gasteiger partial charge in [0.1, 0.15) is 0 Å². The molecule has 0 aliphatic carbocycles. The van der Waals surface area contributed by atoms with Gasteiger partial charge in [-0.3, -0.25) is 4.79 Å². The maximum absolute atomic E-state index is 12.5. The molecule has 1 unspecified atom stereocenters. The average molecular weight is 286 g/mol. The van der Waals surface area contributed by atoms with E-state index in [2.05, 4.69) is 10.6 Å². The van der Waals surface area contributed by atoms with Gasteiger partial charge in [-0.1, -0.05) is 12.1 Å². The predicted molar refractivity (Wildman–Crippen MR) is 69.0 cm³/mol. The van der Waals surface area contributed by atoms with Gasteiger partial charge in [-0.25, -0.2) is 0 Å². The molecule has 2 atom stereocenters. The van der Waals surface area contributed by atoms with Crippen LogP contribution in [-0.2, 0) is 11.0 Å². The lowest BCUT2D eigenvalue weighted by atomic mass is 10.1. The molecular formula is C14H17F3N2O. The van der Waals surface area contributed by atoms with Crippen LogP contribution in [-0.4, -0.2) is 18.5 Å². The van der Waals surface area contributed by atoms with Gasteiger partial charge in [0.15, 0.2) is 0 Å². The number of hydrogen-bond acceptors (Lipinski definition) is 2. The number of rotatable bonds is 3. The second-order valence-electron chi connectivity index (χ2n) is 5.00. The minimum absolute atomic E-state index is 0.102. The van der Waals surface area contributed by atoms with E-state index in [1.54, 1.807) is 6.92 Å². The molecule has 1 aromatic carbocycles. The molecule has 1 amide bonds. The van der Waals surface area contributed by atoms with E-state index in [4.69, 9.17) is 0 Å². The monoisotopic (exact) mass is 286 g/mol. The Balaban J connectivity index is 1.98. The first-order chi connectivity index (χ1) is 9.38. The predicted octanol–water partition coefficient (Wildman–Crippen LogP) is 2.63. The first-order valence-electron chi connectivity index (χ1n) is 6.59. The van der Waals surface area contributed by atoms with Gasteiger partial charge in [-0.2, -0.15) is 13.2 Å². The van der Waals surface area contributed by atoms with Crippen LogP contribution in [0.15, 0.2) is 24.3 Å². The maximum atomic E-state index is 12.5. The van der Waals surface area contributed by atoms with Crippen molar-refractivity contribution in [3.05, 3.63) is 35.4 Å². The van der Waals surface area contributed by atoms with E-state index < -0.39 is 11.7 Å². The van der Waals surface area contributed by atoms with Crippen LogP contribution in [0.4, 0.5) is 13.2 Å². The molecule has 2 rings (SSSR count). The third-order valence-corrected chi connectivity index (χ3v) is 3.47. The van der Waals surface area contributed by atoms with E-state index in [0.717, 1.165) is 31.5 Å². The minimum Gasteiger partial charge on any atom is -0.348 e. The molecule has 0 spiro atoms. The number of nitrogens with one attached hydrogen (secondary N) is 2. The Kier molecular flexibility index (Phi) is 4.32. The second kappa shape index (κ2) is 5.83. The SMILES string of the molecule is CC(NC(=O)[C@@H]1CCCN1)c1ccc(C(F)(F)F)cc1. The van der Waals surface area contributed by atoms with Gasteiger partial charge in [0, 0.05) is 0 Å². The molecule has 1 aliphatic rings. The number of hydrogen-bond donors (Lipinski definition) is 2. The third kappa shape index (κ3) is 3.50. The summed E-state index contributed by atoms with van der Waals surface area (Å²) in [6.45, 7) is 2.59. The summed E-state index contributed by atoms with van der Waals surface area (Å²) in [6.07, 6.45) is -2.57. The van der Waals surface area contributed by atoms with E-state index in [1.807, 2.05) is 0 Å². The molecule has 1 saturated heterocycles. The lowest BCUT2D eigenvalue weighted by Gasteiger charge is -2.18. The van der Waals surface area contributed by atoms with E-state index in [-0.39, 0.29) is 18.0 Å². The van der Waals surface area contributed by atoms with Crippen molar-refractivity contribution in [3.8, 4) is 0 Å². The van der Waals surface area contributed by atoms with Crippen LogP contribution in [0.1, 0.15) is 36.9 Å². The molecule has 110 valence electrons. The van der Waals surface area contributed by atoms with Crippen molar-refractivity contribution in [2.75, 3.05) is 6.54 Å². The Morgan fingerprint density at radius 1 is 1.35 bits per heavy atom. The lowest BCUT2D eigenvalue weighted by molar-refractivity contribution is -0.137. The van der Waals surface area contributed by atoms with Crippen LogP contribution < -0.4 is 10.6 Å². The number of carbonyl (C=O) groups excluding carboxylic acids is 1. The van der Waals surface area contributed by atoms with Crippen molar-refractivity contribution < 1.29 is 18.0 Å². The van der Waals surface area contributed by atoms with Crippen LogP contribution >= 0.6 is 0 Å². The fraction of sp³-hybridized carbons (Fsp3) is 0.500. The Hall–Kier alpha value is -1.56. The van der Waals surface area contributed by atoms with Crippen molar-refractivity contribution in [1.82, 2.24) is 10.6 Å². The fourth-order valence-corrected chi connectivity index (χ4v) is 2.27. The molecule has 1 heterocycles. The van der Waals surface area contributed by atoms with Gasteiger partial charge < -0.3 is 10.6 Å². The number of alkyl halides is 3. The summed E-state index contributed by atoms with van der Waals surface area (Å²) in [5.74, 6) is -0.102.